The summed E-state index contributed by atoms with van der Waals surface area (Å²) >= 11 is 5.84. The van der Waals surface area contributed by atoms with E-state index < -0.39 is 0 Å². The van der Waals surface area contributed by atoms with Gasteiger partial charge in [0.1, 0.15) is 0 Å². The minimum absolute atomic E-state index is 0.363. The number of hydrogen-bond donors (Lipinski definition) is 0. The summed E-state index contributed by atoms with van der Waals surface area (Å²) in [5.74, 6) is 0. The SMILES string of the molecule is Clc1cnc[se]1. The van der Waals surface area contributed by atoms with Gasteiger partial charge >= 0.3 is 46.3 Å². The Morgan fingerprint density at radius 1 is 1.83 bits per heavy atom. The van der Waals surface area contributed by atoms with E-state index in [-0.39, 0.29) is 0 Å². The third-order valence-electron chi connectivity index (χ3n) is 0.402. The van der Waals surface area contributed by atoms with Crippen molar-refractivity contribution >= 4 is 26.1 Å². The van der Waals surface area contributed by atoms with Crippen molar-refractivity contribution in [2.24, 2.45) is 0 Å². The maximum absolute atomic E-state index is 5.48. The Kier molecular flexibility index (Phi) is 1.30. The number of nitrogens with zero attached hydrogens (tertiary/aromatic N) is 1. The van der Waals surface area contributed by atoms with Crippen molar-refractivity contribution in [2.45, 2.75) is 0 Å². The quantitative estimate of drug-likeness (QED) is 0.520. The fraction of sp³-hybridized carbons (Fsp3) is 0. The molecule has 0 unspecified atom stereocenters. The Hall–Kier alpha value is 0.219. The van der Waals surface area contributed by atoms with Gasteiger partial charge in [-0.05, 0) is 0 Å². The zero-order valence-electron chi connectivity index (χ0n) is 2.89. The molecular formula is C3H2ClNSe. The molecule has 0 saturated carbocycles. The van der Waals surface area contributed by atoms with Crippen LogP contribution in [-0.4, -0.2) is 19.5 Å². The molecule has 0 saturated heterocycles. The average molecular weight is 166 g/mol. The van der Waals surface area contributed by atoms with Crippen molar-refractivity contribution in [3.8, 4) is 0 Å². The Morgan fingerprint density at radius 3 is 2.83 bits per heavy atom. The summed E-state index contributed by atoms with van der Waals surface area (Å²) in [5, 5.41) is 1.84. The van der Waals surface area contributed by atoms with E-state index in [1.807, 2.05) is 5.07 Å². The van der Waals surface area contributed by atoms with Crippen LogP contribution in [0.3, 0.4) is 0 Å². The van der Waals surface area contributed by atoms with Crippen LogP contribution in [0.15, 0.2) is 11.3 Å². The second kappa shape index (κ2) is 1.78. The van der Waals surface area contributed by atoms with Gasteiger partial charge in [0.15, 0.2) is 0 Å². The van der Waals surface area contributed by atoms with Gasteiger partial charge in [-0.25, -0.2) is 0 Å². The number of rotatable bonds is 0. The van der Waals surface area contributed by atoms with Crippen molar-refractivity contribution in [1.29, 1.82) is 0 Å². The second-order valence-corrected chi connectivity index (χ2v) is 3.58. The predicted molar refractivity (Wildman–Crippen MR) is 26.2 cm³/mol. The van der Waals surface area contributed by atoms with Crippen LogP contribution in [0.2, 0.25) is 3.90 Å². The second-order valence-electron chi connectivity index (χ2n) is 0.806. The number of hydrogen-bond acceptors (Lipinski definition) is 1. The molecule has 0 spiro atoms. The van der Waals surface area contributed by atoms with E-state index in [0.717, 1.165) is 3.90 Å². The van der Waals surface area contributed by atoms with Gasteiger partial charge in [-0.2, -0.15) is 0 Å². The van der Waals surface area contributed by atoms with Crippen LogP contribution in [0, 0.1) is 0 Å². The van der Waals surface area contributed by atoms with E-state index in [1.165, 1.54) is 0 Å². The van der Waals surface area contributed by atoms with Crippen molar-refractivity contribution in [1.82, 2.24) is 4.98 Å². The van der Waals surface area contributed by atoms with E-state index in [9.17, 15) is 0 Å². The molecule has 0 aliphatic rings. The summed E-state index contributed by atoms with van der Waals surface area (Å²) in [6.45, 7) is 0. The Balaban J connectivity index is 3.05. The Bertz CT molecular complexity index is 114. The summed E-state index contributed by atoms with van der Waals surface area (Å²) in [6, 6.07) is 0. The van der Waals surface area contributed by atoms with Gasteiger partial charge in [0.05, 0.1) is 0 Å². The number of halogens is 1. The van der Waals surface area contributed by atoms with Crippen LogP contribution >= 0.6 is 11.6 Å². The van der Waals surface area contributed by atoms with E-state index in [0.29, 0.717) is 14.5 Å². The Morgan fingerprint density at radius 2 is 2.67 bits per heavy atom. The third-order valence-corrected chi connectivity index (χ3v) is 2.13. The summed E-state index contributed by atoms with van der Waals surface area (Å²) in [5.41, 5.74) is 0. The molecule has 3 heteroatoms. The molecule has 0 aliphatic heterocycles. The molecule has 1 nitrogen and oxygen atoms in total. The predicted octanol–water partition coefficient (Wildman–Crippen LogP) is 0.792. The first kappa shape index (κ1) is 4.38. The van der Waals surface area contributed by atoms with Crippen molar-refractivity contribution in [3.05, 3.63) is 15.2 Å². The first-order chi connectivity index (χ1) is 2.89. The average Bonchev–Trinajstić information content (AvgIpc) is 1.86. The zero-order valence-corrected chi connectivity index (χ0v) is 5.36. The summed E-state index contributed by atoms with van der Waals surface area (Å²) in [7, 11) is 0. The molecule has 0 fully saturated rings. The molecular weight excluding hydrogens is 164 g/mol. The van der Waals surface area contributed by atoms with Crippen LogP contribution in [0.25, 0.3) is 0 Å². The molecule has 0 aliphatic carbocycles. The van der Waals surface area contributed by atoms with Crippen LogP contribution in [0.5, 0.6) is 0 Å². The van der Waals surface area contributed by atoms with E-state index >= 15 is 0 Å². The van der Waals surface area contributed by atoms with E-state index in [2.05, 4.69) is 4.98 Å². The van der Waals surface area contributed by atoms with Crippen molar-refractivity contribution in [3.63, 3.8) is 0 Å². The molecule has 1 heterocycles. The van der Waals surface area contributed by atoms with E-state index in [1.54, 1.807) is 6.20 Å². The molecule has 1 aromatic heterocycles. The standard InChI is InChI=1S/C3H2ClNSe/c4-3-1-5-2-6-3/h1-2H. The molecule has 0 bridgehead atoms. The summed E-state index contributed by atoms with van der Waals surface area (Å²) < 4.78 is 0.891. The van der Waals surface area contributed by atoms with Crippen LogP contribution in [-0.2, 0) is 0 Å². The molecule has 0 aromatic carbocycles. The van der Waals surface area contributed by atoms with Gasteiger partial charge in [0.2, 0.25) is 0 Å². The van der Waals surface area contributed by atoms with Crippen LogP contribution in [0.4, 0.5) is 0 Å². The fourth-order valence-electron chi connectivity index (χ4n) is 0.200. The molecule has 0 radical (unpaired) electrons. The fourth-order valence-corrected chi connectivity index (χ4v) is 1.19. The maximum atomic E-state index is 5.48. The van der Waals surface area contributed by atoms with Gasteiger partial charge in [-0.3, -0.25) is 0 Å². The summed E-state index contributed by atoms with van der Waals surface area (Å²) in [4.78, 5) is 3.77. The number of aromatic nitrogens is 1. The van der Waals surface area contributed by atoms with Gasteiger partial charge < -0.3 is 0 Å². The molecule has 0 amide bonds. The molecule has 0 atom stereocenters. The van der Waals surface area contributed by atoms with Gasteiger partial charge in [0.25, 0.3) is 0 Å². The van der Waals surface area contributed by atoms with Crippen LogP contribution < -0.4 is 0 Å². The van der Waals surface area contributed by atoms with E-state index in [4.69, 9.17) is 11.6 Å². The van der Waals surface area contributed by atoms with Crippen molar-refractivity contribution in [2.75, 3.05) is 0 Å². The van der Waals surface area contributed by atoms with Crippen LogP contribution in [0.1, 0.15) is 0 Å². The normalized spacial score (nSPS) is 8.83. The van der Waals surface area contributed by atoms with Gasteiger partial charge in [-0.1, -0.05) is 0 Å². The van der Waals surface area contributed by atoms with Gasteiger partial charge in [-0.15, -0.1) is 0 Å². The zero-order chi connectivity index (χ0) is 4.41. The molecule has 1 aromatic rings. The molecule has 32 valence electrons. The summed E-state index contributed by atoms with van der Waals surface area (Å²) in [6.07, 6.45) is 1.68. The third kappa shape index (κ3) is 0.839. The molecule has 6 heavy (non-hydrogen) atoms. The first-order valence-electron chi connectivity index (χ1n) is 1.43. The van der Waals surface area contributed by atoms with Crippen molar-refractivity contribution < 1.29 is 0 Å². The molecule has 1 rings (SSSR count). The Labute approximate surface area is 46.7 Å². The minimum atomic E-state index is 0.363. The van der Waals surface area contributed by atoms with Gasteiger partial charge in [0, 0.05) is 0 Å². The monoisotopic (exact) mass is 167 g/mol. The topological polar surface area (TPSA) is 12.9 Å². The first-order valence-corrected chi connectivity index (χ1v) is 3.66. The molecule has 0 N–H and O–H groups in total.